The van der Waals surface area contributed by atoms with Crippen molar-refractivity contribution in [2.45, 2.75) is 38.5 Å². The number of aromatic hydroxyl groups is 1. The molecule has 0 saturated heterocycles. The van der Waals surface area contributed by atoms with E-state index in [1.54, 1.807) is 6.07 Å². The summed E-state index contributed by atoms with van der Waals surface area (Å²) in [7, 11) is 0. The summed E-state index contributed by atoms with van der Waals surface area (Å²) >= 11 is 2.01. The van der Waals surface area contributed by atoms with Crippen LogP contribution >= 0.6 is 11.8 Å². The number of thioether (sulfide) groups is 1. The minimum Gasteiger partial charge on any atom is -0.508 e. The minimum atomic E-state index is 0.377. The molecule has 4 rings (SSSR count). The third-order valence-electron chi connectivity index (χ3n) is 6.12. The van der Waals surface area contributed by atoms with Crippen molar-refractivity contribution >= 4 is 11.8 Å². The quantitative estimate of drug-likeness (QED) is 0.679. The zero-order chi connectivity index (χ0) is 17.1. The Morgan fingerprint density at radius 1 is 1.20 bits per heavy atom. The van der Waals surface area contributed by atoms with Crippen LogP contribution in [0, 0.1) is 17.8 Å². The van der Waals surface area contributed by atoms with Crippen molar-refractivity contribution in [3.63, 3.8) is 0 Å². The number of aryl methyl sites for hydroxylation is 1. The molecule has 2 bridgehead atoms. The first-order valence-electron chi connectivity index (χ1n) is 9.80. The molecule has 1 heterocycles. The first-order valence-corrected chi connectivity index (χ1v) is 10.8. The highest BCUT2D eigenvalue weighted by Crippen LogP contribution is 2.49. The van der Waals surface area contributed by atoms with Crippen LogP contribution in [0.15, 0.2) is 47.5 Å². The van der Waals surface area contributed by atoms with E-state index in [2.05, 4.69) is 29.2 Å². The van der Waals surface area contributed by atoms with E-state index in [9.17, 15) is 5.11 Å². The van der Waals surface area contributed by atoms with E-state index in [1.807, 2.05) is 23.9 Å². The molecule has 0 spiro atoms. The van der Waals surface area contributed by atoms with E-state index in [-0.39, 0.29) is 0 Å². The van der Waals surface area contributed by atoms with Gasteiger partial charge < -0.3 is 10.0 Å². The van der Waals surface area contributed by atoms with E-state index in [0.717, 1.165) is 42.9 Å². The molecule has 3 aliphatic rings. The van der Waals surface area contributed by atoms with Crippen LogP contribution in [0.5, 0.6) is 5.75 Å². The van der Waals surface area contributed by atoms with Crippen molar-refractivity contribution in [1.82, 2.24) is 4.90 Å². The summed E-state index contributed by atoms with van der Waals surface area (Å²) in [5.74, 6) is 4.50. The van der Waals surface area contributed by atoms with Crippen molar-refractivity contribution in [3.8, 4) is 5.75 Å². The number of rotatable bonds is 7. The first-order chi connectivity index (χ1) is 12.3. The van der Waals surface area contributed by atoms with Gasteiger partial charge in [-0.25, -0.2) is 0 Å². The number of benzene rings is 1. The molecule has 134 valence electrons. The van der Waals surface area contributed by atoms with E-state index < -0.39 is 0 Å². The lowest BCUT2D eigenvalue weighted by molar-refractivity contribution is 0.246. The molecule has 1 aromatic carbocycles. The Labute approximate surface area is 156 Å². The summed E-state index contributed by atoms with van der Waals surface area (Å²) in [4.78, 5) is 2.62. The Morgan fingerprint density at radius 3 is 2.96 bits per heavy atom. The predicted octanol–water partition coefficient (Wildman–Crippen LogP) is 5.21. The van der Waals surface area contributed by atoms with E-state index in [4.69, 9.17) is 0 Å². The lowest BCUT2D eigenvalue weighted by atomic mass is 9.88. The standard InChI is InChI=1S/C22H29NOS/c24-21-7-3-5-17(15-21)6-4-12-25-22-8-1-2-11-23(22)16-20-14-18-9-10-19(20)13-18/h1-3,5,7-8,15,18-20,24H,4,6,9-14,16H2. The van der Waals surface area contributed by atoms with Crippen LogP contribution in [0.1, 0.15) is 37.7 Å². The fourth-order valence-corrected chi connectivity index (χ4v) is 5.89. The molecule has 25 heavy (non-hydrogen) atoms. The molecule has 1 aliphatic heterocycles. The van der Waals surface area contributed by atoms with E-state index in [0.29, 0.717) is 5.75 Å². The van der Waals surface area contributed by atoms with Crippen LogP contribution in [0.4, 0.5) is 0 Å². The minimum absolute atomic E-state index is 0.377. The summed E-state index contributed by atoms with van der Waals surface area (Å²) in [6.07, 6.45) is 15.0. The zero-order valence-corrected chi connectivity index (χ0v) is 15.8. The monoisotopic (exact) mass is 355 g/mol. The Balaban J connectivity index is 1.25. The van der Waals surface area contributed by atoms with Gasteiger partial charge in [0.25, 0.3) is 0 Å². The number of nitrogens with zero attached hydrogens (tertiary/aromatic N) is 1. The van der Waals surface area contributed by atoms with Gasteiger partial charge in [0.15, 0.2) is 0 Å². The normalized spacial score (nSPS) is 27.8. The van der Waals surface area contributed by atoms with Crippen molar-refractivity contribution in [2.75, 3.05) is 18.8 Å². The Bertz CT molecular complexity index is 653. The van der Waals surface area contributed by atoms with E-state index in [1.165, 1.54) is 42.8 Å². The number of hydrogen-bond donors (Lipinski definition) is 1. The molecule has 2 nitrogen and oxygen atoms in total. The Morgan fingerprint density at radius 2 is 2.16 bits per heavy atom. The summed E-state index contributed by atoms with van der Waals surface area (Å²) in [5.41, 5.74) is 1.23. The molecule has 0 radical (unpaired) electrons. The second kappa shape index (κ2) is 7.90. The summed E-state index contributed by atoms with van der Waals surface area (Å²) in [6, 6.07) is 7.66. The first kappa shape index (κ1) is 17.1. The number of fused-ring (bicyclic) bond motifs is 2. The molecule has 2 aliphatic carbocycles. The topological polar surface area (TPSA) is 23.5 Å². The van der Waals surface area contributed by atoms with Gasteiger partial charge in [-0.15, -0.1) is 11.8 Å². The Hall–Kier alpha value is -1.35. The van der Waals surface area contributed by atoms with Gasteiger partial charge in [0.1, 0.15) is 5.75 Å². The van der Waals surface area contributed by atoms with Gasteiger partial charge >= 0.3 is 0 Å². The molecule has 0 amide bonds. The average molecular weight is 356 g/mol. The summed E-state index contributed by atoms with van der Waals surface area (Å²) in [6.45, 7) is 2.34. The maximum absolute atomic E-state index is 9.56. The molecular weight excluding hydrogens is 326 g/mol. The fraction of sp³-hybridized carbons (Fsp3) is 0.545. The molecular formula is C22H29NOS. The van der Waals surface area contributed by atoms with E-state index >= 15 is 0 Å². The second-order valence-corrected chi connectivity index (χ2v) is 9.01. The summed E-state index contributed by atoms with van der Waals surface area (Å²) in [5, 5.41) is 11.0. The molecule has 0 aromatic heterocycles. The van der Waals surface area contributed by atoms with Gasteiger partial charge in [-0.05, 0) is 79.4 Å². The van der Waals surface area contributed by atoms with Crippen molar-refractivity contribution < 1.29 is 5.11 Å². The SMILES string of the molecule is Oc1cccc(CCCSC2=CC=CCN2CC2CC3CCC2C3)c1. The number of phenolic OH excluding ortho intramolecular Hbond substituents is 1. The van der Waals surface area contributed by atoms with Crippen molar-refractivity contribution in [3.05, 3.63) is 53.1 Å². The maximum Gasteiger partial charge on any atom is 0.115 e. The van der Waals surface area contributed by atoms with Crippen LogP contribution < -0.4 is 0 Å². The highest BCUT2D eigenvalue weighted by Gasteiger charge is 2.40. The number of phenols is 1. The highest BCUT2D eigenvalue weighted by molar-refractivity contribution is 8.03. The van der Waals surface area contributed by atoms with Crippen LogP contribution in [0.2, 0.25) is 0 Å². The third kappa shape index (κ3) is 4.25. The van der Waals surface area contributed by atoms with Crippen molar-refractivity contribution in [2.24, 2.45) is 17.8 Å². The highest BCUT2D eigenvalue weighted by atomic mass is 32.2. The molecule has 3 unspecified atom stereocenters. The van der Waals surface area contributed by atoms with Gasteiger partial charge in [0.2, 0.25) is 0 Å². The van der Waals surface area contributed by atoms with Crippen LogP contribution in [0.3, 0.4) is 0 Å². The van der Waals surface area contributed by atoms with Crippen LogP contribution in [-0.4, -0.2) is 28.8 Å². The van der Waals surface area contributed by atoms with Gasteiger partial charge in [-0.3, -0.25) is 0 Å². The van der Waals surface area contributed by atoms with Gasteiger partial charge in [0.05, 0.1) is 5.03 Å². The third-order valence-corrected chi connectivity index (χ3v) is 7.30. The molecule has 1 N–H and O–H groups in total. The smallest absolute Gasteiger partial charge is 0.115 e. The predicted molar refractivity (Wildman–Crippen MR) is 107 cm³/mol. The lowest BCUT2D eigenvalue weighted by Crippen LogP contribution is -2.32. The van der Waals surface area contributed by atoms with Gasteiger partial charge in [-0.1, -0.05) is 30.7 Å². The average Bonchev–Trinajstić information content (AvgIpc) is 3.23. The van der Waals surface area contributed by atoms with Gasteiger partial charge in [0, 0.05) is 13.1 Å². The fourth-order valence-electron chi connectivity index (χ4n) is 4.89. The largest absolute Gasteiger partial charge is 0.508 e. The molecule has 2 fully saturated rings. The molecule has 2 saturated carbocycles. The second-order valence-electron chi connectivity index (χ2n) is 7.89. The lowest BCUT2D eigenvalue weighted by Gasteiger charge is -2.33. The number of allylic oxidation sites excluding steroid dienone is 2. The van der Waals surface area contributed by atoms with Crippen molar-refractivity contribution in [1.29, 1.82) is 0 Å². The van der Waals surface area contributed by atoms with Gasteiger partial charge in [-0.2, -0.15) is 0 Å². The molecule has 3 heteroatoms. The zero-order valence-electron chi connectivity index (χ0n) is 14.9. The van der Waals surface area contributed by atoms with Crippen LogP contribution in [0.25, 0.3) is 0 Å². The molecule has 1 aromatic rings. The Kier molecular flexibility index (Phi) is 5.40. The maximum atomic E-state index is 9.56. The van der Waals surface area contributed by atoms with Crippen LogP contribution in [-0.2, 0) is 6.42 Å². The number of hydrogen-bond acceptors (Lipinski definition) is 3. The summed E-state index contributed by atoms with van der Waals surface area (Å²) < 4.78 is 0. The molecule has 3 atom stereocenters.